The molecule has 2 unspecified atom stereocenters. The van der Waals surface area contributed by atoms with E-state index >= 15 is 0 Å². The first kappa shape index (κ1) is 10.7. The second-order valence-electron chi connectivity index (χ2n) is 3.68. The van der Waals surface area contributed by atoms with Gasteiger partial charge in [-0.25, -0.2) is 4.98 Å². The number of thiazole rings is 1. The maximum absolute atomic E-state index is 5.65. The van der Waals surface area contributed by atoms with Gasteiger partial charge in [0.15, 0.2) is 0 Å². The quantitative estimate of drug-likeness (QED) is 0.810. The summed E-state index contributed by atoms with van der Waals surface area (Å²) in [5, 5.41) is 1.16. The Morgan fingerprint density at radius 3 is 2.38 bits per heavy atom. The van der Waals surface area contributed by atoms with Crippen molar-refractivity contribution in [3.63, 3.8) is 0 Å². The molecule has 74 valence electrons. The zero-order valence-corrected chi connectivity index (χ0v) is 9.61. The van der Waals surface area contributed by atoms with E-state index in [4.69, 9.17) is 5.73 Å². The lowest BCUT2D eigenvalue weighted by molar-refractivity contribution is 0.503. The fourth-order valence-electron chi connectivity index (χ4n) is 1.43. The third kappa shape index (κ3) is 2.29. The van der Waals surface area contributed by atoms with Gasteiger partial charge in [0.05, 0.1) is 10.7 Å². The zero-order valence-electron chi connectivity index (χ0n) is 8.79. The van der Waals surface area contributed by atoms with Gasteiger partial charge < -0.3 is 5.73 Å². The van der Waals surface area contributed by atoms with Crippen LogP contribution in [0.2, 0.25) is 0 Å². The molecule has 2 N–H and O–H groups in total. The van der Waals surface area contributed by atoms with E-state index in [-0.39, 0.29) is 0 Å². The molecule has 0 saturated carbocycles. The first-order valence-electron chi connectivity index (χ1n) is 4.70. The van der Waals surface area contributed by atoms with Crippen molar-refractivity contribution in [2.45, 2.75) is 33.6 Å². The van der Waals surface area contributed by atoms with Crippen LogP contribution in [0.25, 0.3) is 0 Å². The highest BCUT2D eigenvalue weighted by Crippen LogP contribution is 2.30. The molecule has 0 amide bonds. The number of rotatable bonds is 3. The van der Waals surface area contributed by atoms with Crippen LogP contribution in [0, 0.1) is 19.8 Å². The summed E-state index contributed by atoms with van der Waals surface area (Å²) in [5.74, 6) is 1.08. The summed E-state index contributed by atoms with van der Waals surface area (Å²) in [7, 11) is 0. The highest BCUT2D eigenvalue weighted by atomic mass is 32.1. The Bertz CT molecular complexity index is 280. The van der Waals surface area contributed by atoms with Crippen LogP contribution in [0.4, 0.5) is 0 Å². The van der Waals surface area contributed by atoms with Crippen LogP contribution in [0.3, 0.4) is 0 Å². The van der Waals surface area contributed by atoms with Crippen LogP contribution in [0.1, 0.15) is 35.3 Å². The second kappa shape index (κ2) is 4.20. The summed E-state index contributed by atoms with van der Waals surface area (Å²) in [4.78, 5) is 5.83. The first-order valence-corrected chi connectivity index (χ1v) is 5.52. The molecule has 1 heterocycles. The molecule has 2 atom stereocenters. The number of hydrogen-bond donors (Lipinski definition) is 1. The molecular weight excluding hydrogens is 180 g/mol. The van der Waals surface area contributed by atoms with Gasteiger partial charge in [-0.05, 0) is 32.2 Å². The van der Waals surface area contributed by atoms with Gasteiger partial charge in [0.2, 0.25) is 0 Å². The van der Waals surface area contributed by atoms with E-state index in [9.17, 15) is 0 Å². The van der Waals surface area contributed by atoms with Gasteiger partial charge in [0, 0.05) is 4.88 Å². The van der Waals surface area contributed by atoms with E-state index in [0.717, 1.165) is 11.6 Å². The molecule has 0 fully saturated rings. The van der Waals surface area contributed by atoms with Crippen molar-refractivity contribution in [2.75, 3.05) is 6.54 Å². The predicted octanol–water partition coefficient (Wildman–Crippen LogP) is 2.46. The van der Waals surface area contributed by atoms with Gasteiger partial charge in [-0.3, -0.25) is 0 Å². The van der Waals surface area contributed by atoms with E-state index in [1.54, 1.807) is 11.3 Å². The van der Waals surface area contributed by atoms with E-state index < -0.39 is 0 Å². The minimum Gasteiger partial charge on any atom is -0.330 e. The molecule has 0 aliphatic carbocycles. The topological polar surface area (TPSA) is 38.9 Å². The molecule has 0 spiro atoms. The Labute approximate surface area is 84.2 Å². The highest BCUT2D eigenvalue weighted by molar-refractivity contribution is 7.11. The van der Waals surface area contributed by atoms with Gasteiger partial charge in [-0.15, -0.1) is 11.3 Å². The predicted molar refractivity (Wildman–Crippen MR) is 58.2 cm³/mol. The summed E-state index contributed by atoms with van der Waals surface area (Å²) in [6.07, 6.45) is 0. The van der Waals surface area contributed by atoms with E-state index in [1.807, 2.05) is 0 Å². The van der Waals surface area contributed by atoms with Gasteiger partial charge in [0.1, 0.15) is 0 Å². The second-order valence-corrected chi connectivity index (χ2v) is 4.92. The van der Waals surface area contributed by atoms with Gasteiger partial charge >= 0.3 is 0 Å². The lowest BCUT2D eigenvalue weighted by Gasteiger charge is -2.16. The first-order chi connectivity index (χ1) is 6.06. The lowest BCUT2D eigenvalue weighted by atomic mass is 9.94. The zero-order chi connectivity index (χ0) is 10.0. The Balaban J connectivity index is 2.87. The van der Waals surface area contributed by atoms with Crippen molar-refractivity contribution in [1.29, 1.82) is 0 Å². The maximum Gasteiger partial charge on any atom is 0.0900 e. The van der Waals surface area contributed by atoms with Crippen molar-refractivity contribution >= 4 is 11.3 Å². The Hall–Kier alpha value is -0.410. The number of aryl methyl sites for hydroxylation is 2. The van der Waals surface area contributed by atoms with E-state index in [2.05, 4.69) is 32.7 Å². The summed E-state index contributed by atoms with van der Waals surface area (Å²) in [6, 6.07) is 0. The Morgan fingerprint density at radius 1 is 1.38 bits per heavy atom. The average molecular weight is 198 g/mol. The van der Waals surface area contributed by atoms with Crippen molar-refractivity contribution < 1.29 is 0 Å². The van der Waals surface area contributed by atoms with Crippen molar-refractivity contribution in [2.24, 2.45) is 11.7 Å². The van der Waals surface area contributed by atoms with Crippen LogP contribution in [-0.2, 0) is 0 Å². The fraction of sp³-hybridized carbons (Fsp3) is 0.700. The molecule has 2 nitrogen and oxygen atoms in total. The maximum atomic E-state index is 5.65. The normalized spacial score (nSPS) is 15.8. The average Bonchev–Trinajstić information content (AvgIpc) is 2.42. The molecule has 0 aliphatic rings. The van der Waals surface area contributed by atoms with E-state index in [0.29, 0.717) is 11.8 Å². The summed E-state index contributed by atoms with van der Waals surface area (Å²) in [6.45, 7) is 9.31. The molecule has 3 heteroatoms. The van der Waals surface area contributed by atoms with Crippen LogP contribution >= 0.6 is 11.3 Å². The molecule has 0 radical (unpaired) electrons. The van der Waals surface area contributed by atoms with Crippen molar-refractivity contribution in [1.82, 2.24) is 4.98 Å². The number of aromatic nitrogens is 1. The third-order valence-electron chi connectivity index (χ3n) is 2.58. The molecule has 0 saturated heterocycles. The summed E-state index contributed by atoms with van der Waals surface area (Å²) < 4.78 is 0. The lowest BCUT2D eigenvalue weighted by Crippen LogP contribution is -2.16. The number of hydrogen-bond acceptors (Lipinski definition) is 3. The molecule has 1 aromatic rings. The molecule has 13 heavy (non-hydrogen) atoms. The van der Waals surface area contributed by atoms with E-state index in [1.165, 1.54) is 10.6 Å². The third-order valence-corrected chi connectivity index (χ3v) is 3.85. The Morgan fingerprint density at radius 2 is 2.00 bits per heavy atom. The Kier molecular flexibility index (Phi) is 3.45. The number of nitrogens with zero attached hydrogens (tertiary/aromatic N) is 1. The molecular formula is C10H18N2S. The van der Waals surface area contributed by atoms with Gasteiger partial charge in [0.25, 0.3) is 0 Å². The summed E-state index contributed by atoms with van der Waals surface area (Å²) in [5.41, 5.74) is 6.83. The van der Waals surface area contributed by atoms with Crippen LogP contribution in [0.15, 0.2) is 0 Å². The monoisotopic (exact) mass is 198 g/mol. The minimum atomic E-state index is 0.538. The molecule has 0 bridgehead atoms. The standard InChI is InChI=1S/C10H18N2S/c1-6(5-11)7(2)10-8(3)12-9(4)13-10/h6-7H,5,11H2,1-4H3. The summed E-state index contributed by atoms with van der Waals surface area (Å²) >= 11 is 1.80. The van der Waals surface area contributed by atoms with Gasteiger partial charge in [-0.1, -0.05) is 13.8 Å². The molecule has 1 rings (SSSR count). The van der Waals surface area contributed by atoms with Crippen LogP contribution in [-0.4, -0.2) is 11.5 Å². The molecule has 0 aliphatic heterocycles. The van der Waals surface area contributed by atoms with Gasteiger partial charge in [-0.2, -0.15) is 0 Å². The van der Waals surface area contributed by atoms with Crippen LogP contribution in [0.5, 0.6) is 0 Å². The molecule has 0 aromatic carbocycles. The van der Waals surface area contributed by atoms with Crippen LogP contribution < -0.4 is 5.73 Å². The number of nitrogens with two attached hydrogens (primary N) is 1. The minimum absolute atomic E-state index is 0.538. The van der Waals surface area contributed by atoms with Crippen molar-refractivity contribution in [3.8, 4) is 0 Å². The SMILES string of the molecule is Cc1nc(C)c(C(C)C(C)CN)s1. The molecule has 1 aromatic heterocycles. The smallest absolute Gasteiger partial charge is 0.0900 e. The largest absolute Gasteiger partial charge is 0.330 e. The highest BCUT2D eigenvalue weighted by Gasteiger charge is 2.17. The fourth-order valence-corrected chi connectivity index (χ4v) is 2.54. The van der Waals surface area contributed by atoms with Crippen molar-refractivity contribution in [3.05, 3.63) is 15.6 Å².